The molecule has 0 spiro atoms. The van der Waals surface area contributed by atoms with Crippen molar-refractivity contribution in [3.05, 3.63) is 29.3 Å². The number of nitrogens with one attached hydrogen (secondary N) is 1. The van der Waals surface area contributed by atoms with Gasteiger partial charge in [0.2, 0.25) is 5.91 Å². The summed E-state index contributed by atoms with van der Waals surface area (Å²) in [7, 11) is 0. The predicted molar refractivity (Wildman–Crippen MR) is 97.2 cm³/mol. The molecule has 5 heteroatoms. The van der Waals surface area contributed by atoms with Gasteiger partial charge < -0.3 is 15.1 Å². The minimum absolute atomic E-state index is 0.0217. The van der Waals surface area contributed by atoms with Gasteiger partial charge in [0, 0.05) is 37.8 Å². The Labute approximate surface area is 145 Å². The molecule has 1 aliphatic heterocycles. The van der Waals surface area contributed by atoms with Crippen molar-refractivity contribution in [2.45, 2.75) is 40.5 Å². The van der Waals surface area contributed by atoms with Gasteiger partial charge in [-0.15, -0.1) is 0 Å². The Morgan fingerprint density at radius 1 is 1.08 bits per heavy atom. The van der Waals surface area contributed by atoms with Crippen LogP contribution in [0.15, 0.2) is 18.2 Å². The van der Waals surface area contributed by atoms with Crippen LogP contribution in [0.2, 0.25) is 0 Å². The molecule has 3 amide bonds. The predicted octanol–water partition coefficient (Wildman–Crippen LogP) is 3.42. The number of piperidine rings is 1. The van der Waals surface area contributed by atoms with Gasteiger partial charge in [0.15, 0.2) is 0 Å². The first-order valence-corrected chi connectivity index (χ1v) is 8.87. The maximum Gasteiger partial charge on any atom is 0.319 e. The van der Waals surface area contributed by atoms with Crippen LogP contribution >= 0.6 is 0 Å². The quantitative estimate of drug-likeness (QED) is 0.919. The second-order valence-electron chi connectivity index (χ2n) is 6.58. The lowest BCUT2D eigenvalue weighted by Crippen LogP contribution is -2.47. The van der Waals surface area contributed by atoms with Gasteiger partial charge in [0.25, 0.3) is 0 Å². The molecule has 2 rings (SSSR count). The van der Waals surface area contributed by atoms with E-state index in [-0.39, 0.29) is 17.9 Å². The first-order chi connectivity index (χ1) is 11.4. The summed E-state index contributed by atoms with van der Waals surface area (Å²) >= 11 is 0. The van der Waals surface area contributed by atoms with E-state index in [4.69, 9.17) is 0 Å². The number of amides is 3. The van der Waals surface area contributed by atoms with E-state index in [0.29, 0.717) is 13.1 Å². The summed E-state index contributed by atoms with van der Waals surface area (Å²) in [5.41, 5.74) is 3.15. The smallest absolute Gasteiger partial charge is 0.319 e. The molecule has 1 saturated heterocycles. The zero-order chi connectivity index (χ0) is 17.7. The van der Waals surface area contributed by atoms with Crippen LogP contribution in [0.5, 0.6) is 0 Å². The molecule has 0 atom stereocenters. The highest BCUT2D eigenvalue weighted by Crippen LogP contribution is 2.21. The normalized spacial score (nSPS) is 15.2. The maximum atomic E-state index is 12.5. The van der Waals surface area contributed by atoms with Crippen LogP contribution in [0, 0.1) is 19.8 Å². The number of anilines is 1. The first kappa shape index (κ1) is 18.3. The standard InChI is InChI=1S/C19H29N3O2/c1-5-21(6-2)19(24)22-9-7-16(8-10-22)18(23)20-17-12-14(3)11-15(4)13-17/h11-13,16H,5-10H2,1-4H3,(H,20,23). The molecule has 0 radical (unpaired) electrons. The van der Waals surface area contributed by atoms with Gasteiger partial charge in [-0.25, -0.2) is 4.79 Å². The third-order valence-electron chi connectivity index (χ3n) is 4.66. The van der Waals surface area contributed by atoms with E-state index in [1.807, 2.05) is 49.6 Å². The highest BCUT2D eigenvalue weighted by atomic mass is 16.2. The van der Waals surface area contributed by atoms with Gasteiger partial charge in [0.05, 0.1) is 0 Å². The lowest BCUT2D eigenvalue weighted by Gasteiger charge is -2.34. The monoisotopic (exact) mass is 331 g/mol. The molecule has 1 fully saturated rings. The van der Waals surface area contributed by atoms with Crippen molar-refractivity contribution in [3.8, 4) is 0 Å². The lowest BCUT2D eigenvalue weighted by molar-refractivity contribution is -0.121. The molecule has 0 unspecified atom stereocenters. The van der Waals surface area contributed by atoms with Gasteiger partial charge in [-0.3, -0.25) is 4.79 Å². The Hall–Kier alpha value is -2.04. The second-order valence-corrected chi connectivity index (χ2v) is 6.58. The van der Waals surface area contributed by atoms with Gasteiger partial charge in [-0.2, -0.15) is 0 Å². The van der Waals surface area contributed by atoms with Crippen molar-refractivity contribution in [2.24, 2.45) is 5.92 Å². The van der Waals surface area contributed by atoms with Crippen molar-refractivity contribution >= 4 is 17.6 Å². The Kier molecular flexibility index (Phi) is 6.23. The van der Waals surface area contributed by atoms with Crippen molar-refractivity contribution in [2.75, 3.05) is 31.5 Å². The molecule has 1 aliphatic rings. The Morgan fingerprint density at radius 3 is 2.12 bits per heavy atom. The van der Waals surface area contributed by atoms with E-state index < -0.39 is 0 Å². The first-order valence-electron chi connectivity index (χ1n) is 8.87. The number of nitrogens with zero attached hydrogens (tertiary/aromatic N) is 2. The van der Waals surface area contributed by atoms with Gasteiger partial charge in [0.1, 0.15) is 0 Å². The molecule has 0 bridgehead atoms. The number of carbonyl (C=O) groups excluding carboxylic acids is 2. The molecular weight excluding hydrogens is 302 g/mol. The Bertz CT molecular complexity index is 568. The average molecular weight is 331 g/mol. The third kappa shape index (κ3) is 4.49. The van der Waals surface area contributed by atoms with Crippen molar-refractivity contribution in [3.63, 3.8) is 0 Å². The fourth-order valence-electron chi connectivity index (χ4n) is 3.32. The molecule has 1 aromatic carbocycles. The fourth-order valence-corrected chi connectivity index (χ4v) is 3.32. The SMILES string of the molecule is CCN(CC)C(=O)N1CCC(C(=O)Nc2cc(C)cc(C)c2)CC1. The Morgan fingerprint density at radius 2 is 1.62 bits per heavy atom. The molecule has 0 saturated carbocycles. The number of rotatable bonds is 4. The minimum Gasteiger partial charge on any atom is -0.326 e. The largest absolute Gasteiger partial charge is 0.326 e. The highest BCUT2D eigenvalue weighted by molar-refractivity contribution is 5.93. The van der Waals surface area contributed by atoms with E-state index in [9.17, 15) is 9.59 Å². The van der Waals surface area contributed by atoms with Crippen LogP contribution in [0.4, 0.5) is 10.5 Å². The van der Waals surface area contributed by atoms with Gasteiger partial charge >= 0.3 is 6.03 Å². The topological polar surface area (TPSA) is 52.7 Å². The van der Waals surface area contributed by atoms with Crippen molar-refractivity contribution < 1.29 is 9.59 Å². The number of urea groups is 1. The Balaban J connectivity index is 1.89. The summed E-state index contributed by atoms with van der Waals surface area (Å²) in [5, 5.41) is 3.03. The third-order valence-corrected chi connectivity index (χ3v) is 4.66. The summed E-state index contributed by atoms with van der Waals surface area (Å²) in [6, 6.07) is 6.16. The number of aryl methyl sites for hydroxylation is 2. The summed E-state index contributed by atoms with van der Waals surface area (Å²) in [4.78, 5) is 28.5. The van der Waals surface area contributed by atoms with E-state index in [1.54, 1.807) is 0 Å². The van der Waals surface area contributed by atoms with Crippen LogP contribution in [0.3, 0.4) is 0 Å². The van der Waals surface area contributed by atoms with Crippen LogP contribution in [-0.4, -0.2) is 47.9 Å². The average Bonchev–Trinajstić information content (AvgIpc) is 2.55. The van der Waals surface area contributed by atoms with Crippen LogP contribution in [0.25, 0.3) is 0 Å². The number of carbonyl (C=O) groups is 2. The number of hydrogen-bond donors (Lipinski definition) is 1. The summed E-state index contributed by atoms with van der Waals surface area (Å²) < 4.78 is 0. The van der Waals surface area contributed by atoms with Crippen LogP contribution in [-0.2, 0) is 4.79 Å². The molecule has 132 valence electrons. The summed E-state index contributed by atoms with van der Waals surface area (Å²) in [6.45, 7) is 10.8. The van der Waals surface area contributed by atoms with Crippen LogP contribution in [0.1, 0.15) is 37.8 Å². The lowest BCUT2D eigenvalue weighted by atomic mass is 9.96. The molecule has 1 aromatic rings. The number of hydrogen-bond acceptors (Lipinski definition) is 2. The maximum absolute atomic E-state index is 12.5. The van der Waals surface area contributed by atoms with E-state index in [1.165, 1.54) is 0 Å². The molecule has 24 heavy (non-hydrogen) atoms. The van der Waals surface area contributed by atoms with Crippen molar-refractivity contribution in [1.82, 2.24) is 9.80 Å². The van der Waals surface area contributed by atoms with Crippen molar-refractivity contribution in [1.29, 1.82) is 0 Å². The summed E-state index contributed by atoms with van der Waals surface area (Å²) in [6.07, 6.45) is 1.45. The van der Waals surface area contributed by atoms with Crippen LogP contribution < -0.4 is 5.32 Å². The minimum atomic E-state index is -0.0217. The fraction of sp³-hybridized carbons (Fsp3) is 0.579. The molecule has 0 aliphatic carbocycles. The highest BCUT2D eigenvalue weighted by Gasteiger charge is 2.28. The molecule has 1 heterocycles. The molecule has 5 nitrogen and oxygen atoms in total. The molecule has 0 aromatic heterocycles. The molecule has 1 N–H and O–H groups in total. The second kappa shape index (κ2) is 8.18. The zero-order valence-corrected chi connectivity index (χ0v) is 15.3. The van der Waals surface area contributed by atoms with E-state index in [0.717, 1.165) is 42.7 Å². The van der Waals surface area contributed by atoms with Gasteiger partial charge in [-0.05, 0) is 63.8 Å². The summed E-state index contributed by atoms with van der Waals surface area (Å²) in [5.74, 6) is 0.0431. The van der Waals surface area contributed by atoms with Gasteiger partial charge in [-0.1, -0.05) is 6.07 Å². The van der Waals surface area contributed by atoms with E-state index in [2.05, 4.69) is 11.4 Å². The van der Waals surface area contributed by atoms with E-state index >= 15 is 0 Å². The molecular formula is C19H29N3O2. The number of benzene rings is 1. The number of likely N-dealkylation sites (tertiary alicyclic amines) is 1. The zero-order valence-electron chi connectivity index (χ0n) is 15.3.